The van der Waals surface area contributed by atoms with Crippen LogP contribution in [0.15, 0.2) is 48.5 Å². The molecule has 2 amide bonds. The van der Waals surface area contributed by atoms with Crippen molar-refractivity contribution in [3.05, 3.63) is 64.7 Å². The van der Waals surface area contributed by atoms with Crippen molar-refractivity contribution in [3.63, 3.8) is 0 Å². The van der Waals surface area contributed by atoms with Crippen molar-refractivity contribution in [2.75, 3.05) is 19.0 Å². The zero-order chi connectivity index (χ0) is 15.9. The number of rotatable bonds is 5. The normalized spacial score (nSPS) is 10.1. The zero-order valence-corrected chi connectivity index (χ0v) is 13.5. The Morgan fingerprint density at radius 1 is 1.00 bits per heavy atom. The first-order valence-electron chi connectivity index (χ1n) is 7.07. The zero-order valence-electron chi connectivity index (χ0n) is 12.8. The Labute approximate surface area is 136 Å². The molecular formula is C17H20ClN3O. The molecule has 5 heteroatoms. The molecule has 4 nitrogen and oxygen atoms in total. The van der Waals surface area contributed by atoms with Crippen LogP contribution in [0.3, 0.4) is 0 Å². The number of halogens is 1. The van der Waals surface area contributed by atoms with Crippen LogP contribution in [0.25, 0.3) is 0 Å². The SMILES string of the molecule is CN(C)c1ccc(CNC(=O)NCc2cccc(Cl)c2)cc1. The number of amides is 2. The molecule has 0 atom stereocenters. The van der Waals surface area contributed by atoms with E-state index in [0.29, 0.717) is 18.1 Å². The molecule has 0 saturated heterocycles. The third-order valence-corrected chi connectivity index (χ3v) is 3.48. The fourth-order valence-corrected chi connectivity index (χ4v) is 2.20. The molecule has 0 saturated carbocycles. The maximum Gasteiger partial charge on any atom is 0.315 e. The lowest BCUT2D eigenvalue weighted by Gasteiger charge is -2.13. The summed E-state index contributed by atoms with van der Waals surface area (Å²) in [7, 11) is 3.99. The summed E-state index contributed by atoms with van der Waals surface area (Å²) in [5.74, 6) is 0. The quantitative estimate of drug-likeness (QED) is 0.887. The molecule has 0 aliphatic carbocycles. The highest BCUT2D eigenvalue weighted by atomic mass is 35.5. The molecule has 0 aliphatic rings. The second-order valence-electron chi connectivity index (χ2n) is 5.23. The van der Waals surface area contributed by atoms with Crippen molar-refractivity contribution in [2.45, 2.75) is 13.1 Å². The van der Waals surface area contributed by atoms with E-state index in [-0.39, 0.29) is 6.03 Å². The van der Waals surface area contributed by atoms with Crippen molar-refractivity contribution in [3.8, 4) is 0 Å². The van der Waals surface area contributed by atoms with Crippen molar-refractivity contribution >= 4 is 23.3 Å². The lowest BCUT2D eigenvalue weighted by molar-refractivity contribution is 0.240. The lowest BCUT2D eigenvalue weighted by Crippen LogP contribution is -2.34. The molecule has 22 heavy (non-hydrogen) atoms. The summed E-state index contributed by atoms with van der Waals surface area (Å²) in [6.45, 7) is 0.945. The highest BCUT2D eigenvalue weighted by Crippen LogP contribution is 2.12. The van der Waals surface area contributed by atoms with Gasteiger partial charge in [0.15, 0.2) is 0 Å². The molecule has 0 bridgehead atoms. The number of urea groups is 1. The minimum absolute atomic E-state index is 0.198. The van der Waals surface area contributed by atoms with E-state index < -0.39 is 0 Å². The van der Waals surface area contributed by atoms with E-state index in [9.17, 15) is 4.79 Å². The van der Waals surface area contributed by atoms with Gasteiger partial charge in [-0.15, -0.1) is 0 Å². The standard InChI is InChI=1S/C17H20ClN3O/c1-21(2)16-8-6-13(7-9-16)11-19-17(22)20-12-14-4-3-5-15(18)10-14/h3-10H,11-12H2,1-2H3,(H2,19,20,22). The highest BCUT2D eigenvalue weighted by molar-refractivity contribution is 6.30. The maximum atomic E-state index is 11.8. The van der Waals surface area contributed by atoms with E-state index in [1.165, 1.54) is 0 Å². The first-order valence-corrected chi connectivity index (χ1v) is 7.45. The van der Waals surface area contributed by atoms with Gasteiger partial charge in [-0.25, -0.2) is 4.79 Å². The molecular weight excluding hydrogens is 298 g/mol. The number of benzene rings is 2. The number of carbonyl (C=O) groups is 1. The van der Waals surface area contributed by atoms with Gasteiger partial charge in [0.25, 0.3) is 0 Å². The second-order valence-corrected chi connectivity index (χ2v) is 5.66. The van der Waals surface area contributed by atoms with Gasteiger partial charge in [-0.3, -0.25) is 0 Å². The molecule has 0 fully saturated rings. The highest BCUT2D eigenvalue weighted by Gasteiger charge is 2.02. The number of nitrogens with one attached hydrogen (secondary N) is 2. The van der Waals surface area contributed by atoms with Crippen LogP contribution in [0.1, 0.15) is 11.1 Å². The van der Waals surface area contributed by atoms with E-state index in [4.69, 9.17) is 11.6 Å². The molecule has 2 rings (SSSR count). The van der Waals surface area contributed by atoms with Gasteiger partial charge in [-0.1, -0.05) is 35.9 Å². The molecule has 0 unspecified atom stereocenters. The van der Waals surface area contributed by atoms with Crippen molar-refractivity contribution in [1.29, 1.82) is 0 Å². The number of hydrogen-bond donors (Lipinski definition) is 2. The number of nitrogens with zero attached hydrogens (tertiary/aromatic N) is 1. The summed E-state index contributed by atoms with van der Waals surface area (Å²) < 4.78 is 0. The summed E-state index contributed by atoms with van der Waals surface area (Å²) in [6.07, 6.45) is 0. The second kappa shape index (κ2) is 7.71. The van der Waals surface area contributed by atoms with Crippen LogP contribution >= 0.6 is 11.6 Å². The van der Waals surface area contributed by atoms with E-state index in [0.717, 1.165) is 16.8 Å². The molecule has 0 aromatic heterocycles. The molecule has 0 spiro atoms. The number of hydrogen-bond acceptors (Lipinski definition) is 2. The Balaban J connectivity index is 1.77. The molecule has 2 aromatic rings. The smallest absolute Gasteiger partial charge is 0.315 e. The molecule has 0 radical (unpaired) electrons. The Kier molecular flexibility index (Phi) is 5.67. The van der Waals surface area contributed by atoms with E-state index >= 15 is 0 Å². The Bertz CT molecular complexity index is 626. The predicted octanol–water partition coefficient (Wildman–Crippen LogP) is 3.41. The van der Waals surface area contributed by atoms with Crippen LogP contribution in [-0.2, 0) is 13.1 Å². The van der Waals surface area contributed by atoms with Crippen LogP contribution in [0.2, 0.25) is 5.02 Å². The van der Waals surface area contributed by atoms with Crippen LogP contribution in [0.5, 0.6) is 0 Å². The fourth-order valence-electron chi connectivity index (χ4n) is 1.99. The average molecular weight is 318 g/mol. The van der Waals surface area contributed by atoms with Crippen LogP contribution in [0, 0.1) is 0 Å². The summed E-state index contributed by atoms with van der Waals surface area (Å²) >= 11 is 5.90. The largest absolute Gasteiger partial charge is 0.378 e. The van der Waals surface area contributed by atoms with Gasteiger partial charge in [0.2, 0.25) is 0 Å². The third kappa shape index (κ3) is 4.97. The van der Waals surface area contributed by atoms with Crippen molar-refractivity contribution in [2.24, 2.45) is 0 Å². The van der Waals surface area contributed by atoms with Crippen molar-refractivity contribution < 1.29 is 4.79 Å². The first-order chi connectivity index (χ1) is 10.5. The average Bonchev–Trinajstić information content (AvgIpc) is 2.51. The summed E-state index contributed by atoms with van der Waals surface area (Å²) in [6, 6.07) is 15.3. The number of carbonyl (C=O) groups excluding carboxylic acids is 1. The predicted molar refractivity (Wildman–Crippen MR) is 91.3 cm³/mol. The maximum absolute atomic E-state index is 11.8. The first kappa shape index (κ1) is 16.2. The molecule has 2 aromatic carbocycles. The summed E-state index contributed by atoms with van der Waals surface area (Å²) in [4.78, 5) is 13.8. The van der Waals surface area contributed by atoms with Gasteiger partial charge >= 0.3 is 6.03 Å². The minimum Gasteiger partial charge on any atom is -0.378 e. The molecule has 116 valence electrons. The van der Waals surface area contributed by atoms with Gasteiger partial charge in [0, 0.05) is 37.9 Å². The topological polar surface area (TPSA) is 44.4 Å². The van der Waals surface area contributed by atoms with Crippen LogP contribution in [-0.4, -0.2) is 20.1 Å². The van der Waals surface area contributed by atoms with Gasteiger partial charge in [-0.05, 0) is 35.4 Å². The number of anilines is 1. The van der Waals surface area contributed by atoms with E-state index in [2.05, 4.69) is 10.6 Å². The third-order valence-electron chi connectivity index (χ3n) is 3.25. The van der Waals surface area contributed by atoms with E-state index in [1.807, 2.05) is 67.5 Å². The van der Waals surface area contributed by atoms with Crippen molar-refractivity contribution in [1.82, 2.24) is 10.6 Å². The van der Waals surface area contributed by atoms with E-state index in [1.54, 1.807) is 0 Å². The lowest BCUT2D eigenvalue weighted by atomic mass is 10.2. The fraction of sp³-hybridized carbons (Fsp3) is 0.235. The van der Waals surface area contributed by atoms with Gasteiger partial charge in [0.05, 0.1) is 0 Å². The van der Waals surface area contributed by atoms with Gasteiger partial charge in [0.1, 0.15) is 0 Å². The van der Waals surface area contributed by atoms with Gasteiger partial charge < -0.3 is 15.5 Å². The minimum atomic E-state index is -0.198. The van der Waals surface area contributed by atoms with Crippen LogP contribution < -0.4 is 15.5 Å². The monoisotopic (exact) mass is 317 g/mol. The Hall–Kier alpha value is -2.20. The molecule has 0 aliphatic heterocycles. The summed E-state index contributed by atoms with van der Waals surface area (Å²) in [5, 5.41) is 6.31. The van der Waals surface area contributed by atoms with Crippen LogP contribution in [0.4, 0.5) is 10.5 Å². The summed E-state index contributed by atoms with van der Waals surface area (Å²) in [5.41, 5.74) is 3.16. The van der Waals surface area contributed by atoms with Gasteiger partial charge in [-0.2, -0.15) is 0 Å². The molecule has 0 heterocycles. The Morgan fingerprint density at radius 2 is 1.64 bits per heavy atom. The Morgan fingerprint density at radius 3 is 2.23 bits per heavy atom. The molecule has 2 N–H and O–H groups in total.